The molecule has 0 spiro atoms. The summed E-state index contributed by atoms with van der Waals surface area (Å²) >= 11 is 0. The Hall–Kier alpha value is -3.56. The molecule has 4 rings (SSSR count). The SMILES string of the molecule is Cc1ccc(C#Cc2cc(C(=O)NCCCn3ccnc3)ccc2N2C[C@@H](C)O[C@@H](C)C2)cc1. The summed E-state index contributed by atoms with van der Waals surface area (Å²) in [5.41, 5.74) is 4.67. The topological polar surface area (TPSA) is 59.4 Å². The Morgan fingerprint density at radius 1 is 1.12 bits per heavy atom. The van der Waals surface area contributed by atoms with Crippen LogP contribution in [-0.2, 0) is 11.3 Å². The van der Waals surface area contributed by atoms with Crippen molar-refractivity contribution in [2.75, 3.05) is 24.5 Å². The second-order valence-corrected chi connectivity index (χ2v) is 8.92. The van der Waals surface area contributed by atoms with Crippen LogP contribution in [0.15, 0.2) is 61.2 Å². The minimum absolute atomic E-state index is 0.0840. The van der Waals surface area contributed by atoms with Gasteiger partial charge in [-0.1, -0.05) is 29.5 Å². The van der Waals surface area contributed by atoms with E-state index in [1.54, 1.807) is 12.5 Å². The molecule has 176 valence electrons. The van der Waals surface area contributed by atoms with Gasteiger partial charge >= 0.3 is 0 Å². The Labute approximate surface area is 202 Å². The van der Waals surface area contributed by atoms with Crippen molar-refractivity contribution >= 4 is 11.6 Å². The summed E-state index contributed by atoms with van der Waals surface area (Å²) in [4.78, 5) is 19.2. The predicted molar refractivity (Wildman–Crippen MR) is 135 cm³/mol. The summed E-state index contributed by atoms with van der Waals surface area (Å²) in [5, 5.41) is 3.03. The molecule has 3 aromatic rings. The molecule has 0 saturated carbocycles. The number of aromatic nitrogens is 2. The van der Waals surface area contributed by atoms with E-state index in [0.29, 0.717) is 12.1 Å². The number of nitrogens with one attached hydrogen (secondary N) is 1. The van der Waals surface area contributed by atoms with Crippen molar-refractivity contribution < 1.29 is 9.53 Å². The number of amides is 1. The number of anilines is 1. The maximum atomic E-state index is 12.8. The summed E-state index contributed by atoms with van der Waals surface area (Å²) in [6, 6.07) is 14.0. The molecular formula is C28H32N4O2. The Kier molecular flexibility index (Phi) is 7.66. The van der Waals surface area contributed by atoms with Gasteiger partial charge in [-0.25, -0.2) is 4.98 Å². The quantitative estimate of drug-likeness (QED) is 0.450. The normalized spacial score (nSPS) is 17.7. The standard InChI is InChI=1S/C28H32N4O2/c1-21-5-7-24(8-6-21)9-10-25-17-26(28(33)30-13-4-15-31-16-14-29-20-31)11-12-27(25)32-18-22(2)34-23(3)19-32/h5-8,11-12,14,16-17,20,22-23H,4,13,15,18-19H2,1-3H3,(H,30,33)/t22-,23+. The van der Waals surface area contributed by atoms with E-state index in [4.69, 9.17) is 4.74 Å². The molecule has 1 N–H and O–H groups in total. The van der Waals surface area contributed by atoms with E-state index >= 15 is 0 Å². The average molecular weight is 457 g/mol. The van der Waals surface area contributed by atoms with Gasteiger partial charge in [-0.05, 0) is 57.5 Å². The Morgan fingerprint density at radius 2 is 1.88 bits per heavy atom. The molecule has 1 aliphatic rings. The van der Waals surface area contributed by atoms with E-state index in [1.165, 1.54) is 5.56 Å². The fourth-order valence-corrected chi connectivity index (χ4v) is 4.19. The molecule has 2 atom stereocenters. The smallest absolute Gasteiger partial charge is 0.251 e. The molecule has 0 radical (unpaired) electrons. The van der Waals surface area contributed by atoms with E-state index in [-0.39, 0.29) is 18.1 Å². The highest BCUT2D eigenvalue weighted by Crippen LogP contribution is 2.25. The molecule has 34 heavy (non-hydrogen) atoms. The van der Waals surface area contributed by atoms with Gasteiger partial charge in [0.1, 0.15) is 0 Å². The monoisotopic (exact) mass is 456 g/mol. The average Bonchev–Trinajstić information content (AvgIpc) is 3.34. The molecule has 1 saturated heterocycles. The fourth-order valence-electron chi connectivity index (χ4n) is 4.19. The van der Waals surface area contributed by atoms with Gasteiger partial charge in [0, 0.05) is 55.3 Å². The Bertz CT molecular complexity index is 1150. The van der Waals surface area contributed by atoms with Gasteiger partial charge in [-0.2, -0.15) is 0 Å². The molecule has 0 bridgehead atoms. The molecular weight excluding hydrogens is 424 g/mol. The molecule has 2 aromatic carbocycles. The number of morpholine rings is 1. The van der Waals surface area contributed by atoms with Crippen LogP contribution in [0.4, 0.5) is 5.69 Å². The highest BCUT2D eigenvalue weighted by atomic mass is 16.5. The molecule has 1 amide bonds. The lowest BCUT2D eigenvalue weighted by Crippen LogP contribution is -2.45. The number of carbonyl (C=O) groups excluding carboxylic acids is 1. The molecule has 1 aliphatic heterocycles. The zero-order valence-electron chi connectivity index (χ0n) is 20.1. The van der Waals surface area contributed by atoms with Gasteiger partial charge in [0.05, 0.1) is 24.2 Å². The number of hydrogen-bond acceptors (Lipinski definition) is 4. The third kappa shape index (κ3) is 6.27. The third-order valence-electron chi connectivity index (χ3n) is 5.85. The molecule has 0 unspecified atom stereocenters. The number of carbonyl (C=O) groups is 1. The number of benzene rings is 2. The number of ether oxygens (including phenoxy) is 1. The summed E-state index contributed by atoms with van der Waals surface area (Å²) in [6.45, 7) is 9.25. The Morgan fingerprint density at radius 3 is 2.59 bits per heavy atom. The minimum atomic E-state index is -0.0840. The van der Waals surface area contributed by atoms with Crippen molar-refractivity contribution in [2.45, 2.75) is 45.9 Å². The van der Waals surface area contributed by atoms with Crippen LogP contribution < -0.4 is 10.2 Å². The largest absolute Gasteiger partial charge is 0.372 e. The van der Waals surface area contributed by atoms with Crippen molar-refractivity contribution in [3.63, 3.8) is 0 Å². The summed E-state index contributed by atoms with van der Waals surface area (Å²) in [5.74, 6) is 6.53. The van der Waals surface area contributed by atoms with E-state index in [9.17, 15) is 4.79 Å². The maximum Gasteiger partial charge on any atom is 0.251 e. The van der Waals surface area contributed by atoms with Crippen LogP contribution in [0.1, 0.15) is 47.3 Å². The van der Waals surface area contributed by atoms with Gasteiger partial charge in [-0.3, -0.25) is 4.79 Å². The molecule has 6 nitrogen and oxygen atoms in total. The van der Waals surface area contributed by atoms with Gasteiger partial charge < -0.3 is 19.5 Å². The lowest BCUT2D eigenvalue weighted by Gasteiger charge is -2.37. The number of hydrogen-bond donors (Lipinski definition) is 1. The highest BCUT2D eigenvalue weighted by Gasteiger charge is 2.24. The van der Waals surface area contributed by atoms with Crippen LogP contribution in [0.3, 0.4) is 0 Å². The van der Waals surface area contributed by atoms with Crippen LogP contribution >= 0.6 is 0 Å². The van der Waals surface area contributed by atoms with E-state index in [1.807, 2.05) is 41.1 Å². The summed E-state index contributed by atoms with van der Waals surface area (Å²) < 4.78 is 7.92. The van der Waals surface area contributed by atoms with Crippen LogP contribution in [0.2, 0.25) is 0 Å². The van der Waals surface area contributed by atoms with Crippen LogP contribution in [-0.4, -0.2) is 47.3 Å². The van der Waals surface area contributed by atoms with Crippen molar-refractivity contribution in [1.82, 2.24) is 14.9 Å². The van der Waals surface area contributed by atoms with Crippen molar-refractivity contribution in [3.05, 3.63) is 83.4 Å². The van der Waals surface area contributed by atoms with E-state index in [0.717, 1.165) is 42.9 Å². The van der Waals surface area contributed by atoms with Gasteiger partial charge in [-0.15, -0.1) is 0 Å². The molecule has 0 aliphatic carbocycles. The first kappa shape index (κ1) is 23.6. The van der Waals surface area contributed by atoms with Gasteiger partial charge in [0.2, 0.25) is 0 Å². The highest BCUT2D eigenvalue weighted by molar-refractivity contribution is 5.95. The summed E-state index contributed by atoms with van der Waals surface area (Å²) in [7, 11) is 0. The summed E-state index contributed by atoms with van der Waals surface area (Å²) in [6.07, 6.45) is 6.58. The number of rotatable bonds is 6. The van der Waals surface area contributed by atoms with Gasteiger partial charge in [0.15, 0.2) is 0 Å². The third-order valence-corrected chi connectivity index (χ3v) is 5.85. The molecule has 1 fully saturated rings. The first-order chi connectivity index (χ1) is 16.5. The predicted octanol–water partition coefficient (Wildman–Crippen LogP) is 4.03. The van der Waals surface area contributed by atoms with Crippen LogP contribution in [0, 0.1) is 18.8 Å². The lowest BCUT2D eigenvalue weighted by molar-refractivity contribution is -0.00523. The van der Waals surface area contributed by atoms with E-state index in [2.05, 4.69) is 59.9 Å². The van der Waals surface area contributed by atoms with Crippen molar-refractivity contribution in [3.8, 4) is 11.8 Å². The maximum absolute atomic E-state index is 12.8. The number of nitrogens with zero attached hydrogens (tertiary/aromatic N) is 3. The minimum Gasteiger partial charge on any atom is -0.372 e. The first-order valence-electron chi connectivity index (χ1n) is 11.8. The molecule has 6 heteroatoms. The zero-order chi connectivity index (χ0) is 23.9. The lowest BCUT2D eigenvalue weighted by atomic mass is 10.0. The van der Waals surface area contributed by atoms with Crippen molar-refractivity contribution in [2.24, 2.45) is 0 Å². The Balaban J connectivity index is 1.53. The zero-order valence-corrected chi connectivity index (χ0v) is 20.1. The molecule has 1 aromatic heterocycles. The van der Waals surface area contributed by atoms with Crippen LogP contribution in [0.25, 0.3) is 0 Å². The van der Waals surface area contributed by atoms with Crippen LogP contribution in [0.5, 0.6) is 0 Å². The van der Waals surface area contributed by atoms with E-state index < -0.39 is 0 Å². The number of aryl methyl sites for hydroxylation is 2. The fraction of sp³-hybridized carbons (Fsp3) is 0.357. The van der Waals surface area contributed by atoms with Crippen molar-refractivity contribution in [1.29, 1.82) is 0 Å². The van der Waals surface area contributed by atoms with Gasteiger partial charge in [0.25, 0.3) is 5.91 Å². The second kappa shape index (κ2) is 11.0. The first-order valence-corrected chi connectivity index (χ1v) is 11.8. The number of imidazole rings is 1. The second-order valence-electron chi connectivity index (χ2n) is 8.92. The molecule has 2 heterocycles.